The van der Waals surface area contributed by atoms with Crippen LogP contribution in [0.4, 0.5) is 5.69 Å². The van der Waals surface area contributed by atoms with E-state index in [-0.39, 0.29) is 5.56 Å². The third-order valence-electron chi connectivity index (χ3n) is 6.23. The molecule has 0 bridgehead atoms. The number of aromatic nitrogens is 4. The van der Waals surface area contributed by atoms with E-state index >= 15 is 0 Å². The van der Waals surface area contributed by atoms with Gasteiger partial charge in [0.05, 0.1) is 16.9 Å². The number of anilines is 1. The summed E-state index contributed by atoms with van der Waals surface area (Å²) in [6.45, 7) is 4.01. The maximum absolute atomic E-state index is 12.1. The van der Waals surface area contributed by atoms with Gasteiger partial charge in [0.25, 0.3) is 5.56 Å². The van der Waals surface area contributed by atoms with Gasteiger partial charge in [-0.1, -0.05) is 0 Å². The second-order valence-corrected chi connectivity index (χ2v) is 7.95. The van der Waals surface area contributed by atoms with Crippen molar-refractivity contribution in [1.29, 1.82) is 0 Å². The zero-order chi connectivity index (χ0) is 18.9. The van der Waals surface area contributed by atoms with Crippen molar-refractivity contribution >= 4 is 16.7 Å². The molecule has 0 atom stereocenters. The Bertz CT molecular complexity index is 1010. The van der Waals surface area contributed by atoms with Crippen molar-refractivity contribution in [1.82, 2.24) is 25.5 Å². The van der Waals surface area contributed by atoms with Gasteiger partial charge in [-0.3, -0.25) is 14.9 Å². The Kier molecular flexibility index (Phi) is 4.60. The number of aromatic amines is 2. The van der Waals surface area contributed by atoms with E-state index in [2.05, 4.69) is 36.4 Å². The van der Waals surface area contributed by atoms with E-state index in [9.17, 15) is 4.79 Å². The van der Waals surface area contributed by atoms with Gasteiger partial charge in [-0.2, -0.15) is 5.10 Å². The van der Waals surface area contributed by atoms with Gasteiger partial charge in [0.2, 0.25) is 0 Å². The third-order valence-corrected chi connectivity index (χ3v) is 6.23. The highest BCUT2D eigenvalue weighted by atomic mass is 16.1. The molecule has 3 aromatic heterocycles. The number of rotatable bonds is 3. The number of nitrogens with zero attached hydrogens (tertiary/aromatic N) is 3. The van der Waals surface area contributed by atoms with E-state index in [0.717, 1.165) is 55.7 Å². The second kappa shape index (κ2) is 7.39. The minimum absolute atomic E-state index is 0.0715. The summed E-state index contributed by atoms with van der Waals surface area (Å²) in [6.07, 6.45) is 6.23. The molecule has 2 fully saturated rings. The normalized spacial score (nSPS) is 19.4. The van der Waals surface area contributed by atoms with E-state index in [4.69, 9.17) is 0 Å². The number of fused-ring (bicyclic) bond motifs is 1. The number of piperidine rings is 2. The van der Waals surface area contributed by atoms with E-state index < -0.39 is 0 Å². The Morgan fingerprint density at radius 3 is 2.68 bits per heavy atom. The van der Waals surface area contributed by atoms with Crippen molar-refractivity contribution in [2.45, 2.75) is 37.5 Å². The molecule has 0 aliphatic carbocycles. The van der Waals surface area contributed by atoms with Crippen LogP contribution in [0.3, 0.4) is 0 Å². The smallest absolute Gasteiger partial charge is 0.250 e. The average Bonchev–Trinajstić information content (AvgIpc) is 3.24. The van der Waals surface area contributed by atoms with Crippen LogP contribution in [-0.4, -0.2) is 46.3 Å². The summed E-state index contributed by atoms with van der Waals surface area (Å²) < 4.78 is 0. The van der Waals surface area contributed by atoms with Crippen LogP contribution in [0.25, 0.3) is 11.0 Å². The predicted octanol–water partition coefficient (Wildman–Crippen LogP) is 2.50. The topological polar surface area (TPSA) is 89.7 Å². The highest BCUT2D eigenvalue weighted by Crippen LogP contribution is 2.33. The number of hydrogen-bond donors (Lipinski definition) is 3. The molecule has 2 aliphatic heterocycles. The Balaban J connectivity index is 1.31. The van der Waals surface area contributed by atoms with Crippen LogP contribution < -0.4 is 15.8 Å². The fourth-order valence-electron chi connectivity index (χ4n) is 4.63. The van der Waals surface area contributed by atoms with E-state index in [1.165, 1.54) is 24.2 Å². The molecule has 5 heterocycles. The van der Waals surface area contributed by atoms with Crippen LogP contribution in [0.5, 0.6) is 0 Å². The average molecular weight is 378 g/mol. The van der Waals surface area contributed by atoms with Crippen LogP contribution in [0.2, 0.25) is 0 Å². The van der Waals surface area contributed by atoms with Gasteiger partial charge >= 0.3 is 0 Å². The molecule has 0 unspecified atom stereocenters. The first-order chi connectivity index (χ1) is 13.8. The van der Waals surface area contributed by atoms with Crippen LogP contribution in [0, 0.1) is 0 Å². The SMILES string of the molecule is O=c1cc(N2CCC(c3cc(C4CCNCC4)n[nH]3)CC2)c2ncccc2[nH]1. The molecule has 7 nitrogen and oxygen atoms in total. The van der Waals surface area contributed by atoms with Crippen LogP contribution in [0.1, 0.15) is 48.9 Å². The number of H-pyrrole nitrogens is 2. The molecule has 0 aromatic carbocycles. The molecule has 2 saturated heterocycles. The lowest BCUT2D eigenvalue weighted by Crippen LogP contribution is -2.34. The molecule has 0 amide bonds. The number of hydrogen-bond acceptors (Lipinski definition) is 5. The lowest BCUT2D eigenvalue weighted by molar-refractivity contribution is 0.453. The fraction of sp³-hybridized carbons (Fsp3) is 0.476. The summed E-state index contributed by atoms with van der Waals surface area (Å²) in [5.41, 5.74) is 5.03. The van der Waals surface area contributed by atoms with Gasteiger partial charge < -0.3 is 15.2 Å². The quantitative estimate of drug-likeness (QED) is 0.652. The molecular weight excluding hydrogens is 352 g/mol. The van der Waals surface area contributed by atoms with Crippen molar-refractivity contribution in [2.24, 2.45) is 0 Å². The molecule has 0 spiro atoms. The van der Waals surface area contributed by atoms with Crippen molar-refractivity contribution in [3.8, 4) is 0 Å². The van der Waals surface area contributed by atoms with Gasteiger partial charge in [0, 0.05) is 42.9 Å². The van der Waals surface area contributed by atoms with Crippen molar-refractivity contribution in [2.75, 3.05) is 31.1 Å². The largest absolute Gasteiger partial charge is 0.370 e. The molecule has 5 rings (SSSR count). The lowest BCUT2D eigenvalue weighted by atomic mass is 9.90. The summed E-state index contributed by atoms with van der Waals surface area (Å²) in [6, 6.07) is 7.74. The van der Waals surface area contributed by atoms with Gasteiger partial charge in [-0.15, -0.1) is 0 Å². The maximum atomic E-state index is 12.1. The summed E-state index contributed by atoms with van der Waals surface area (Å²) in [4.78, 5) is 21.7. The third kappa shape index (κ3) is 3.30. The zero-order valence-electron chi connectivity index (χ0n) is 15.9. The summed E-state index contributed by atoms with van der Waals surface area (Å²) in [5.74, 6) is 1.08. The van der Waals surface area contributed by atoms with Crippen LogP contribution >= 0.6 is 0 Å². The van der Waals surface area contributed by atoms with E-state index in [1.54, 1.807) is 12.3 Å². The Labute approximate surface area is 163 Å². The Morgan fingerprint density at radius 1 is 1.04 bits per heavy atom. The monoisotopic (exact) mass is 378 g/mol. The first kappa shape index (κ1) is 17.4. The standard InChI is InChI=1S/C21H26N6O/c28-20-13-19(21-16(24-20)2-1-7-23-21)27-10-5-15(6-11-27)18-12-17(25-26-18)14-3-8-22-9-4-14/h1-2,7,12-15,22H,3-6,8-11H2,(H,24,28)(H,25,26). The Hall–Kier alpha value is -2.67. The number of nitrogens with one attached hydrogen (secondary N) is 3. The van der Waals surface area contributed by atoms with Gasteiger partial charge in [-0.05, 0) is 57.0 Å². The zero-order valence-corrected chi connectivity index (χ0v) is 15.9. The van der Waals surface area contributed by atoms with Crippen molar-refractivity contribution in [3.05, 3.63) is 52.2 Å². The van der Waals surface area contributed by atoms with Crippen LogP contribution in [0.15, 0.2) is 35.3 Å². The molecule has 0 radical (unpaired) electrons. The maximum Gasteiger partial charge on any atom is 0.250 e. The van der Waals surface area contributed by atoms with Gasteiger partial charge in [-0.25, -0.2) is 0 Å². The first-order valence-electron chi connectivity index (χ1n) is 10.3. The molecule has 0 saturated carbocycles. The second-order valence-electron chi connectivity index (χ2n) is 7.95. The highest BCUT2D eigenvalue weighted by molar-refractivity contribution is 5.87. The molecule has 7 heteroatoms. The highest BCUT2D eigenvalue weighted by Gasteiger charge is 2.25. The fourth-order valence-corrected chi connectivity index (χ4v) is 4.63. The molecule has 146 valence electrons. The molecular formula is C21H26N6O. The van der Waals surface area contributed by atoms with E-state index in [0.29, 0.717) is 11.8 Å². The summed E-state index contributed by atoms with van der Waals surface area (Å²) in [5, 5.41) is 11.4. The van der Waals surface area contributed by atoms with Crippen molar-refractivity contribution < 1.29 is 0 Å². The Morgan fingerprint density at radius 2 is 1.86 bits per heavy atom. The summed E-state index contributed by atoms with van der Waals surface area (Å²) in [7, 11) is 0. The summed E-state index contributed by atoms with van der Waals surface area (Å²) >= 11 is 0. The number of pyridine rings is 2. The van der Waals surface area contributed by atoms with Gasteiger partial charge in [0.1, 0.15) is 5.52 Å². The molecule has 2 aliphatic rings. The first-order valence-corrected chi connectivity index (χ1v) is 10.3. The van der Waals surface area contributed by atoms with Gasteiger partial charge in [0.15, 0.2) is 0 Å². The minimum atomic E-state index is -0.0715. The van der Waals surface area contributed by atoms with Crippen molar-refractivity contribution in [3.63, 3.8) is 0 Å². The predicted molar refractivity (Wildman–Crippen MR) is 110 cm³/mol. The molecule has 3 aromatic rings. The molecule has 28 heavy (non-hydrogen) atoms. The lowest BCUT2D eigenvalue weighted by Gasteiger charge is -2.33. The molecule has 3 N–H and O–H groups in total. The minimum Gasteiger partial charge on any atom is -0.370 e. The van der Waals surface area contributed by atoms with E-state index in [1.807, 2.05) is 12.1 Å². The van der Waals surface area contributed by atoms with Crippen LogP contribution in [-0.2, 0) is 0 Å².